The van der Waals surface area contributed by atoms with Crippen LogP contribution in [0.25, 0.3) is 26.7 Å². The number of carbonyl (C=O) groups is 1. The van der Waals surface area contributed by atoms with Crippen LogP contribution in [0.15, 0.2) is 58.3 Å². The maximum absolute atomic E-state index is 13.5. The van der Waals surface area contributed by atoms with Gasteiger partial charge in [0, 0.05) is 24.9 Å². The predicted molar refractivity (Wildman–Crippen MR) is 130 cm³/mol. The third-order valence-corrected chi connectivity index (χ3v) is 5.99. The van der Waals surface area contributed by atoms with E-state index in [2.05, 4.69) is 4.99 Å². The Morgan fingerprint density at radius 2 is 1.74 bits per heavy atom. The molecule has 4 aromatic rings. The Labute approximate surface area is 189 Å². The van der Waals surface area contributed by atoms with Crippen LogP contribution in [-0.4, -0.2) is 43.0 Å². The fourth-order valence-corrected chi connectivity index (χ4v) is 4.66. The maximum atomic E-state index is 13.5. The summed E-state index contributed by atoms with van der Waals surface area (Å²) in [6.45, 7) is 1.96. The molecule has 0 aliphatic heterocycles. The van der Waals surface area contributed by atoms with Crippen molar-refractivity contribution in [2.45, 2.75) is 6.92 Å². The lowest BCUT2D eigenvalue weighted by molar-refractivity contribution is 0.0607. The molecule has 0 unspecified atom stereocenters. The van der Waals surface area contributed by atoms with Crippen molar-refractivity contribution in [3.05, 3.63) is 69.3 Å². The second-order valence-corrected chi connectivity index (χ2v) is 8.13. The van der Waals surface area contributed by atoms with Gasteiger partial charge in [-0.05, 0) is 30.0 Å². The molecule has 0 aliphatic rings. The second kappa shape index (κ2) is 8.91. The molecule has 160 valence electrons. The highest BCUT2D eigenvalue weighted by atomic mass is 35.5. The number of methoxy groups -OCH3 is 1. The zero-order valence-corrected chi connectivity index (χ0v) is 19.2. The van der Waals surface area contributed by atoms with E-state index in [1.165, 1.54) is 18.4 Å². The number of para-hydroxylation sites is 1. The minimum atomic E-state index is -0.477. The van der Waals surface area contributed by atoms with Gasteiger partial charge in [0.05, 0.1) is 19.1 Å². The fourth-order valence-electron chi connectivity index (χ4n) is 3.47. The van der Waals surface area contributed by atoms with Gasteiger partial charge in [-0.15, -0.1) is 23.7 Å². The van der Waals surface area contributed by atoms with Crippen molar-refractivity contribution in [1.29, 1.82) is 0 Å². The number of halogens is 1. The average molecular weight is 456 g/mol. The molecule has 0 spiro atoms. The van der Waals surface area contributed by atoms with E-state index >= 15 is 0 Å². The van der Waals surface area contributed by atoms with Gasteiger partial charge < -0.3 is 9.64 Å². The first-order valence-corrected chi connectivity index (χ1v) is 10.2. The van der Waals surface area contributed by atoms with Crippen LogP contribution in [0, 0.1) is 6.92 Å². The van der Waals surface area contributed by atoms with Gasteiger partial charge in [0.2, 0.25) is 0 Å². The van der Waals surface area contributed by atoms with Crippen molar-refractivity contribution in [1.82, 2.24) is 9.47 Å². The topological polar surface area (TPSA) is 63.9 Å². The van der Waals surface area contributed by atoms with E-state index in [4.69, 9.17) is 4.74 Å². The lowest BCUT2D eigenvalue weighted by Crippen LogP contribution is -2.19. The van der Waals surface area contributed by atoms with E-state index < -0.39 is 5.97 Å². The van der Waals surface area contributed by atoms with Crippen LogP contribution in [-0.2, 0) is 4.74 Å². The molecule has 2 heterocycles. The summed E-state index contributed by atoms with van der Waals surface area (Å²) in [7, 11) is 5.06. The highest BCUT2D eigenvalue weighted by molar-refractivity contribution is 7.21. The molecule has 8 heteroatoms. The summed E-state index contributed by atoms with van der Waals surface area (Å²) in [4.78, 5) is 33.5. The van der Waals surface area contributed by atoms with Gasteiger partial charge in [-0.25, -0.2) is 9.79 Å². The van der Waals surface area contributed by atoms with E-state index in [0.717, 1.165) is 22.0 Å². The zero-order chi connectivity index (χ0) is 21.4. The van der Waals surface area contributed by atoms with Crippen LogP contribution in [0.5, 0.6) is 0 Å². The summed E-state index contributed by atoms with van der Waals surface area (Å²) in [5, 5.41) is 2.10. The summed E-state index contributed by atoms with van der Waals surface area (Å²) in [6.07, 6.45) is 1.64. The van der Waals surface area contributed by atoms with Gasteiger partial charge in [0.15, 0.2) is 0 Å². The van der Waals surface area contributed by atoms with Gasteiger partial charge in [0.1, 0.15) is 15.4 Å². The Bertz CT molecular complexity index is 1370. The quantitative estimate of drug-likeness (QED) is 0.248. The van der Waals surface area contributed by atoms with Crippen LogP contribution in [0.1, 0.15) is 15.2 Å². The normalized spacial score (nSPS) is 11.1. The van der Waals surface area contributed by atoms with Crippen LogP contribution < -0.4 is 5.56 Å². The molecule has 0 saturated carbocycles. The second-order valence-electron chi connectivity index (χ2n) is 7.13. The van der Waals surface area contributed by atoms with Crippen LogP contribution in [0.4, 0.5) is 5.69 Å². The Morgan fingerprint density at radius 3 is 2.39 bits per heavy atom. The first-order valence-electron chi connectivity index (χ1n) is 9.39. The molecule has 0 radical (unpaired) electrons. The first-order chi connectivity index (χ1) is 14.4. The minimum absolute atomic E-state index is 0. The van der Waals surface area contributed by atoms with Gasteiger partial charge in [-0.2, -0.15) is 0 Å². The number of hydrogen-bond acceptors (Lipinski definition) is 5. The lowest BCUT2D eigenvalue weighted by Gasteiger charge is -2.13. The molecule has 4 rings (SSSR count). The summed E-state index contributed by atoms with van der Waals surface area (Å²) >= 11 is 1.22. The fraction of sp³-hybridized carbons (Fsp3) is 0.174. The van der Waals surface area contributed by atoms with E-state index in [0.29, 0.717) is 20.8 Å². The van der Waals surface area contributed by atoms with Crippen LogP contribution in [0.2, 0.25) is 0 Å². The van der Waals surface area contributed by atoms with Crippen LogP contribution >= 0.6 is 23.7 Å². The first kappa shape index (κ1) is 22.5. The van der Waals surface area contributed by atoms with E-state index in [-0.39, 0.29) is 18.0 Å². The monoisotopic (exact) mass is 455 g/mol. The summed E-state index contributed by atoms with van der Waals surface area (Å²) in [5.74, 6) is -0.477. The number of carbonyl (C=O) groups excluding carboxylic acids is 1. The number of nitrogens with zero attached hydrogens (tertiary/aromatic N) is 3. The highest BCUT2D eigenvalue weighted by Crippen LogP contribution is 2.42. The molecule has 0 amide bonds. The molecule has 31 heavy (non-hydrogen) atoms. The number of esters is 1. The molecule has 0 aliphatic carbocycles. The largest absolute Gasteiger partial charge is 0.465 e. The van der Waals surface area contributed by atoms with Crippen molar-refractivity contribution in [2.75, 3.05) is 21.2 Å². The molecule has 0 bridgehead atoms. The minimum Gasteiger partial charge on any atom is -0.465 e. The SMILES string of the molecule is COC(=O)c1sc2c(c1N=CN(C)C)c1ccccc1c(=O)n2-c1ccccc1C.Cl. The molecule has 0 fully saturated rings. The molecular weight excluding hydrogens is 434 g/mol. The third kappa shape index (κ3) is 3.82. The number of hydrogen-bond donors (Lipinski definition) is 0. The van der Waals surface area contributed by atoms with Gasteiger partial charge >= 0.3 is 5.97 Å². The van der Waals surface area contributed by atoms with Crippen molar-refractivity contribution in [3.8, 4) is 5.69 Å². The average Bonchev–Trinajstić information content (AvgIpc) is 3.12. The smallest absolute Gasteiger partial charge is 0.350 e. The van der Waals surface area contributed by atoms with Crippen molar-refractivity contribution < 1.29 is 9.53 Å². The van der Waals surface area contributed by atoms with Crippen molar-refractivity contribution in [2.24, 2.45) is 4.99 Å². The Balaban J connectivity index is 0.00000272. The third-order valence-electron chi connectivity index (χ3n) is 4.84. The Kier molecular flexibility index (Phi) is 6.48. The number of aliphatic imine (C=N–C) groups is 1. The summed E-state index contributed by atoms with van der Waals surface area (Å²) in [6, 6.07) is 15.1. The molecule has 2 aromatic heterocycles. The Morgan fingerprint density at radius 1 is 1.10 bits per heavy atom. The number of fused-ring (bicyclic) bond motifs is 3. The predicted octanol–water partition coefficient (Wildman–Crippen LogP) is 4.94. The maximum Gasteiger partial charge on any atom is 0.350 e. The Hall–Kier alpha value is -3.16. The molecule has 0 N–H and O–H groups in total. The molecule has 0 saturated heterocycles. The molecule has 6 nitrogen and oxygen atoms in total. The number of rotatable bonds is 4. The summed E-state index contributed by atoms with van der Waals surface area (Å²) < 4.78 is 6.70. The number of thiophene rings is 1. The van der Waals surface area contributed by atoms with Crippen molar-refractivity contribution >= 4 is 62.7 Å². The van der Waals surface area contributed by atoms with E-state index in [1.54, 1.807) is 21.9 Å². The van der Waals surface area contributed by atoms with Gasteiger partial charge in [-0.3, -0.25) is 9.36 Å². The number of aryl methyl sites for hydroxylation is 1. The lowest BCUT2D eigenvalue weighted by atomic mass is 10.1. The van der Waals surface area contributed by atoms with Gasteiger partial charge in [0.25, 0.3) is 5.56 Å². The standard InChI is InChI=1S/C23H21N3O3S.ClH/c1-14-9-5-8-12-17(14)26-21(27)16-11-7-6-10-15(16)18-19(24-13-25(2)3)20(23(28)29-4)30-22(18)26;/h5-13H,1-4H3;1H. The molecule has 0 atom stereocenters. The van der Waals surface area contributed by atoms with Crippen molar-refractivity contribution in [3.63, 3.8) is 0 Å². The van der Waals surface area contributed by atoms with Crippen LogP contribution in [0.3, 0.4) is 0 Å². The number of aromatic nitrogens is 1. The summed E-state index contributed by atoms with van der Waals surface area (Å²) in [5.41, 5.74) is 2.11. The highest BCUT2D eigenvalue weighted by Gasteiger charge is 2.25. The van der Waals surface area contributed by atoms with Gasteiger partial charge in [-0.1, -0.05) is 36.4 Å². The van der Waals surface area contributed by atoms with E-state index in [9.17, 15) is 9.59 Å². The zero-order valence-electron chi connectivity index (χ0n) is 17.6. The number of pyridine rings is 1. The number of ether oxygens (including phenoxy) is 1. The molecule has 2 aromatic carbocycles. The molecular formula is C23H22ClN3O3S. The number of benzene rings is 2. The van der Waals surface area contributed by atoms with E-state index in [1.807, 2.05) is 63.5 Å².